The first-order chi connectivity index (χ1) is 8.63. The molecule has 0 radical (unpaired) electrons. The number of aromatic amines is 1. The third-order valence-corrected chi connectivity index (χ3v) is 2.33. The second-order valence-electron chi connectivity index (χ2n) is 3.41. The Bertz CT molecular complexity index is 692. The van der Waals surface area contributed by atoms with E-state index >= 15 is 0 Å². The van der Waals surface area contributed by atoms with E-state index in [0.717, 1.165) is 0 Å². The van der Waals surface area contributed by atoms with Crippen molar-refractivity contribution in [3.05, 3.63) is 39.7 Å². The summed E-state index contributed by atoms with van der Waals surface area (Å²) < 4.78 is 1.32. The lowest BCUT2D eigenvalue weighted by Gasteiger charge is -2.03. The van der Waals surface area contributed by atoms with Crippen LogP contribution in [0.5, 0.6) is 5.88 Å². The van der Waals surface area contributed by atoms with Crippen LogP contribution in [0, 0.1) is 18.3 Å². The van der Waals surface area contributed by atoms with Gasteiger partial charge in [0.25, 0.3) is 5.56 Å². The van der Waals surface area contributed by atoms with Crippen molar-refractivity contribution in [1.82, 2.24) is 19.9 Å². The second-order valence-corrected chi connectivity index (χ2v) is 3.41. The summed E-state index contributed by atoms with van der Waals surface area (Å²) in [4.78, 5) is 13.5. The summed E-state index contributed by atoms with van der Waals surface area (Å²) in [6.07, 6.45) is 4.03. The van der Waals surface area contributed by atoms with E-state index in [9.17, 15) is 9.90 Å². The van der Waals surface area contributed by atoms with Crippen molar-refractivity contribution in [2.24, 2.45) is 5.10 Å². The zero-order chi connectivity index (χ0) is 13.1. The molecule has 0 saturated carbocycles. The Balaban J connectivity index is 2.52. The third kappa shape index (κ3) is 1.97. The molecular weight excluding hydrogens is 236 g/mol. The molecule has 0 unspecified atom stereocenters. The summed E-state index contributed by atoms with van der Waals surface area (Å²) in [7, 11) is 0. The minimum atomic E-state index is -0.631. The lowest BCUT2D eigenvalue weighted by molar-refractivity contribution is 0.450. The van der Waals surface area contributed by atoms with E-state index in [0.29, 0.717) is 5.56 Å². The summed E-state index contributed by atoms with van der Waals surface area (Å²) >= 11 is 0. The van der Waals surface area contributed by atoms with Crippen molar-refractivity contribution >= 4 is 6.21 Å². The summed E-state index contributed by atoms with van der Waals surface area (Å²) in [6, 6.07) is 1.78. The molecule has 2 aromatic rings. The molecule has 2 heterocycles. The van der Waals surface area contributed by atoms with Crippen LogP contribution in [-0.2, 0) is 0 Å². The van der Waals surface area contributed by atoms with Gasteiger partial charge in [0, 0.05) is 0 Å². The second kappa shape index (κ2) is 4.50. The van der Waals surface area contributed by atoms with Crippen LogP contribution in [0.1, 0.15) is 16.7 Å². The molecule has 0 saturated heterocycles. The van der Waals surface area contributed by atoms with Crippen molar-refractivity contribution < 1.29 is 5.11 Å². The van der Waals surface area contributed by atoms with Crippen molar-refractivity contribution in [2.75, 3.05) is 0 Å². The highest BCUT2D eigenvalue weighted by molar-refractivity contribution is 5.85. The SMILES string of the molecule is Cc1c(C=Nn2cnnc2)c(O)[nH]c(=O)c1C#N. The van der Waals surface area contributed by atoms with E-state index in [-0.39, 0.29) is 17.0 Å². The molecule has 2 N–H and O–H groups in total. The number of nitrogens with one attached hydrogen (secondary N) is 1. The fraction of sp³-hybridized carbons (Fsp3) is 0.100. The first-order valence-corrected chi connectivity index (χ1v) is 4.88. The van der Waals surface area contributed by atoms with Gasteiger partial charge in [-0.1, -0.05) is 0 Å². The molecule has 0 aromatic carbocycles. The molecule has 0 spiro atoms. The van der Waals surface area contributed by atoms with Gasteiger partial charge in [0.15, 0.2) is 0 Å². The van der Waals surface area contributed by atoms with E-state index in [1.165, 1.54) is 23.5 Å². The maximum atomic E-state index is 11.4. The Hall–Kier alpha value is -2.95. The van der Waals surface area contributed by atoms with Gasteiger partial charge < -0.3 is 5.11 Å². The molecular formula is C10H8N6O2. The molecule has 90 valence electrons. The zero-order valence-corrected chi connectivity index (χ0v) is 9.32. The van der Waals surface area contributed by atoms with Crippen LogP contribution in [0.2, 0.25) is 0 Å². The summed E-state index contributed by atoms with van der Waals surface area (Å²) in [5.41, 5.74) is -0.0672. The quantitative estimate of drug-likeness (QED) is 0.705. The van der Waals surface area contributed by atoms with Crippen LogP contribution >= 0.6 is 0 Å². The van der Waals surface area contributed by atoms with Gasteiger partial charge >= 0.3 is 0 Å². The predicted molar refractivity (Wildman–Crippen MR) is 61.2 cm³/mol. The van der Waals surface area contributed by atoms with Gasteiger partial charge in [0.2, 0.25) is 5.88 Å². The van der Waals surface area contributed by atoms with Gasteiger partial charge in [-0.3, -0.25) is 9.78 Å². The first-order valence-electron chi connectivity index (χ1n) is 4.88. The molecule has 0 aliphatic carbocycles. The van der Waals surface area contributed by atoms with E-state index in [2.05, 4.69) is 20.3 Å². The number of nitriles is 1. The van der Waals surface area contributed by atoms with Crippen LogP contribution in [0.4, 0.5) is 0 Å². The Labute approximate surface area is 101 Å². The van der Waals surface area contributed by atoms with Crippen LogP contribution in [-0.4, -0.2) is 31.2 Å². The standard InChI is InChI=1S/C10H8N6O2/c1-6-7(2-11)9(17)15-10(18)8(6)3-14-16-4-12-13-5-16/h3-5H,1H3,(H2,15,17,18). The summed E-state index contributed by atoms with van der Waals surface area (Å²) in [6.45, 7) is 1.56. The molecule has 0 fully saturated rings. The van der Waals surface area contributed by atoms with Crippen molar-refractivity contribution in [1.29, 1.82) is 5.26 Å². The number of pyridine rings is 1. The van der Waals surface area contributed by atoms with Crippen LogP contribution in [0.3, 0.4) is 0 Å². The number of hydrogen-bond acceptors (Lipinski definition) is 6. The molecule has 0 bridgehead atoms. The summed E-state index contributed by atoms with van der Waals surface area (Å²) in [5, 5.41) is 29.5. The predicted octanol–water partition coefficient (Wildman–Crippen LogP) is -0.266. The molecule has 0 amide bonds. The number of aromatic nitrogens is 4. The third-order valence-electron chi connectivity index (χ3n) is 2.33. The molecule has 8 nitrogen and oxygen atoms in total. The Morgan fingerprint density at radius 2 is 2.22 bits per heavy atom. The maximum absolute atomic E-state index is 11.4. The average molecular weight is 244 g/mol. The van der Waals surface area contributed by atoms with Gasteiger partial charge in [-0.25, -0.2) is 4.68 Å². The van der Waals surface area contributed by atoms with Gasteiger partial charge in [-0.2, -0.15) is 10.4 Å². The molecule has 0 aliphatic heterocycles. The maximum Gasteiger partial charge on any atom is 0.268 e. The highest BCUT2D eigenvalue weighted by Gasteiger charge is 2.12. The Morgan fingerprint density at radius 1 is 1.56 bits per heavy atom. The molecule has 2 rings (SSSR count). The average Bonchev–Trinajstić information content (AvgIpc) is 2.81. The minimum Gasteiger partial charge on any atom is -0.494 e. The fourth-order valence-electron chi connectivity index (χ4n) is 1.39. The monoisotopic (exact) mass is 244 g/mol. The van der Waals surface area contributed by atoms with Gasteiger partial charge in [-0.15, -0.1) is 10.2 Å². The molecule has 18 heavy (non-hydrogen) atoms. The Morgan fingerprint density at radius 3 is 2.83 bits per heavy atom. The molecule has 0 atom stereocenters. The lowest BCUT2D eigenvalue weighted by Crippen LogP contribution is -2.14. The first kappa shape index (κ1) is 11.5. The van der Waals surface area contributed by atoms with Gasteiger partial charge in [-0.05, 0) is 12.5 Å². The largest absolute Gasteiger partial charge is 0.494 e. The molecule has 0 aliphatic rings. The smallest absolute Gasteiger partial charge is 0.268 e. The van der Waals surface area contributed by atoms with E-state index in [1.807, 2.05) is 0 Å². The van der Waals surface area contributed by atoms with Crippen LogP contribution < -0.4 is 5.56 Å². The van der Waals surface area contributed by atoms with Gasteiger partial charge in [0.1, 0.15) is 24.3 Å². The number of aromatic hydroxyl groups is 1. The summed E-state index contributed by atoms with van der Waals surface area (Å²) in [5.74, 6) is -0.340. The molecule has 2 aromatic heterocycles. The van der Waals surface area contributed by atoms with Gasteiger partial charge in [0.05, 0.1) is 11.8 Å². The zero-order valence-electron chi connectivity index (χ0n) is 9.32. The highest BCUT2D eigenvalue weighted by Crippen LogP contribution is 2.15. The minimum absolute atomic E-state index is 0.0574. The van der Waals surface area contributed by atoms with Crippen molar-refractivity contribution in [3.8, 4) is 11.9 Å². The number of H-pyrrole nitrogens is 1. The lowest BCUT2D eigenvalue weighted by atomic mass is 10.1. The van der Waals surface area contributed by atoms with Crippen molar-refractivity contribution in [2.45, 2.75) is 6.92 Å². The van der Waals surface area contributed by atoms with E-state index < -0.39 is 5.56 Å². The number of nitrogens with zero attached hydrogens (tertiary/aromatic N) is 5. The van der Waals surface area contributed by atoms with Crippen LogP contribution in [0.15, 0.2) is 22.6 Å². The van der Waals surface area contributed by atoms with E-state index in [1.54, 1.807) is 13.0 Å². The van der Waals surface area contributed by atoms with Crippen LogP contribution in [0.25, 0.3) is 0 Å². The Kier molecular flexibility index (Phi) is 2.89. The normalized spacial score (nSPS) is 10.7. The fourth-order valence-corrected chi connectivity index (χ4v) is 1.39. The topological polar surface area (TPSA) is 120 Å². The molecule has 8 heteroatoms. The highest BCUT2D eigenvalue weighted by atomic mass is 16.3. The van der Waals surface area contributed by atoms with Crippen molar-refractivity contribution in [3.63, 3.8) is 0 Å². The number of hydrogen-bond donors (Lipinski definition) is 2. The number of rotatable bonds is 2. The van der Waals surface area contributed by atoms with E-state index in [4.69, 9.17) is 5.26 Å².